The Morgan fingerprint density at radius 2 is 2.17 bits per heavy atom. The Labute approximate surface area is 133 Å². The topological polar surface area (TPSA) is 116 Å². The molecule has 1 aliphatic rings. The maximum absolute atomic E-state index is 11.9. The van der Waals surface area contributed by atoms with Crippen LogP contribution in [0.5, 0.6) is 5.75 Å². The number of sulfone groups is 1. The van der Waals surface area contributed by atoms with Crippen molar-refractivity contribution in [2.45, 2.75) is 25.8 Å². The van der Waals surface area contributed by atoms with Crippen LogP contribution in [0.15, 0.2) is 18.2 Å². The number of amides is 1. The van der Waals surface area contributed by atoms with E-state index in [1.165, 1.54) is 12.1 Å². The molecular formula is C14H18N2O6S. The van der Waals surface area contributed by atoms with Crippen molar-refractivity contribution in [3.8, 4) is 5.75 Å². The van der Waals surface area contributed by atoms with E-state index in [2.05, 4.69) is 5.32 Å². The van der Waals surface area contributed by atoms with Crippen LogP contribution in [0.3, 0.4) is 0 Å². The van der Waals surface area contributed by atoms with Crippen LogP contribution in [-0.2, 0) is 14.6 Å². The van der Waals surface area contributed by atoms with Gasteiger partial charge in [0.2, 0.25) is 0 Å². The number of rotatable bonds is 5. The van der Waals surface area contributed by atoms with Gasteiger partial charge in [-0.15, -0.1) is 0 Å². The fourth-order valence-corrected chi connectivity index (χ4v) is 4.61. The molecule has 0 aromatic heterocycles. The van der Waals surface area contributed by atoms with E-state index in [1.807, 2.05) is 0 Å². The summed E-state index contributed by atoms with van der Waals surface area (Å²) in [5.74, 6) is -0.593. The fraction of sp³-hybridized carbons (Fsp3) is 0.500. The summed E-state index contributed by atoms with van der Waals surface area (Å²) in [7, 11) is -3.13. The summed E-state index contributed by atoms with van der Waals surface area (Å²) in [6.45, 7) is 2.95. The number of carbonyl (C=O) groups excluding carboxylic acids is 1. The average molecular weight is 342 g/mol. The van der Waals surface area contributed by atoms with E-state index in [9.17, 15) is 23.3 Å². The Morgan fingerprint density at radius 1 is 1.48 bits per heavy atom. The third kappa shape index (κ3) is 4.41. The minimum Gasteiger partial charge on any atom is -0.477 e. The lowest BCUT2D eigenvalue weighted by Gasteiger charge is -2.23. The van der Waals surface area contributed by atoms with Crippen LogP contribution in [0.1, 0.15) is 18.9 Å². The number of carbonyl (C=O) groups is 1. The monoisotopic (exact) mass is 342 g/mol. The Kier molecular flexibility index (Phi) is 4.60. The molecule has 1 amide bonds. The van der Waals surface area contributed by atoms with Crippen molar-refractivity contribution < 1.29 is 22.9 Å². The number of nitrogens with one attached hydrogen (secondary N) is 1. The number of hydrogen-bond donors (Lipinski definition) is 1. The molecule has 9 heteroatoms. The first kappa shape index (κ1) is 17.2. The average Bonchev–Trinajstić information content (AvgIpc) is 2.70. The highest BCUT2D eigenvalue weighted by Crippen LogP contribution is 2.28. The molecule has 126 valence electrons. The van der Waals surface area contributed by atoms with Crippen LogP contribution in [0, 0.1) is 17.0 Å². The van der Waals surface area contributed by atoms with Crippen molar-refractivity contribution in [1.82, 2.24) is 5.32 Å². The highest BCUT2D eigenvalue weighted by molar-refractivity contribution is 7.91. The second-order valence-electron chi connectivity index (χ2n) is 5.97. The molecule has 0 spiro atoms. The summed E-state index contributed by atoms with van der Waals surface area (Å²) in [5, 5.41) is 13.6. The number of nitro benzene ring substituents is 1. The van der Waals surface area contributed by atoms with Gasteiger partial charge in [-0.3, -0.25) is 14.9 Å². The van der Waals surface area contributed by atoms with Gasteiger partial charge in [0.15, 0.2) is 22.2 Å². The largest absolute Gasteiger partial charge is 0.477 e. The fourth-order valence-electron chi connectivity index (χ4n) is 2.52. The Hall–Kier alpha value is -2.16. The molecule has 0 saturated carbocycles. The molecule has 0 radical (unpaired) electrons. The molecule has 2 rings (SSSR count). The SMILES string of the molecule is Cc1ccc(OCC(=O)N[C@]2(C)CCS(=O)(=O)C2)c([N+](=O)[O-])c1. The molecule has 1 atom stereocenters. The normalized spacial score (nSPS) is 22.5. The molecule has 0 unspecified atom stereocenters. The first-order chi connectivity index (χ1) is 10.6. The number of aryl methyl sites for hydroxylation is 1. The Bertz CT molecular complexity index is 746. The molecule has 1 aliphatic heterocycles. The standard InChI is InChI=1S/C14H18N2O6S/c1-10-3-4-12(11(7-10)16(18)19)22-8-13(17)15-14(2)5-6-23(20,21)9-14/h3-4,7H,5-6,8-9H2,1-2H3,(H,15,17)/t14-/m1/s1. The van der Waals surface area contributed by atoms with Gasteiger partial charge in [-0.05, 0) is 31.9 Å². The Morgan fingerprint density at radius 3 is 2.74 bits per heavy atom. The zero-order chi connectivity index (χ0) is 17.3. The number of ether oxygens (including phenoxy) is 1. The van der Waals surface area contributed by atoms with Crippen LogP contribution in [0.4, 0.5) is 5.69 Å². The summed E-state index contributed by atoms with van der Waals surface area (Å²) in [6.07, 6.45) is 0.339. The van der Waals surface area contributed by atoms with E-state index in [-0.39, 0.29) is 22.9 Å². The van der Waals surface area contributed by atoms with Gasteiger partial charge in [-0.2, -0.15) is 0 Å². The van der Waals surface area contributed by atoms with E-state index >= 15 is 0 Å². The Balaban J connectivity index is 1.99. The highest BCUT2D eigenvalue weighted by atomic mass is 32.2. The van der Waals surface area contributed by atoms with Gasteiger partial charge in [-0.25, -0.2) is 8.42 Å². The predicted octanol–water partition coefficient (Wildman–Crippen LogP) is 0.975. The zero-order valence-electron chi connectivity index (χ0n) is 12.9. The molecule has 0 aliphatic carbocycles. The summed E-state index contributed by atoms with van der Waals surface area (Å²) in [6, 6.07) is 4.44. The lowest BCUT2D eigenvalue weighted by molar-refractivity contribution is -0.385. The van der Waals surface area contributed by atoms with Gasteiger partial charge in [0, 0.05) is 6.07 Å². The van der Waals surface area contributed by atoms with Gasteiger partial charge >= 0.3 is 5.69 Å². The number of nitrogens with zero attached hydrogens (tertiary/aromatic N) is 1. The van der Waals surface area contributed by atoms with E-state index in [4.69, 9.17) is 4.74 Å². The van der Waals surface area contributed by atoms with Crippen molar-refractivity contribution in [3.63, 3.8) is 0 Å². The quantitative estimate of drug-likeness (QED) is 0.630. The predicted molar refractivity (Wildman–Crippen MR) is 83.1 cm³/mol. The van der Waals surface area contributed by atoms with E-state index in [0.29, 0.717) is 12.0 Å². The van der Waals surface area contributed by atoms with Gasteiger partial charge in [0.1, 0.15) is 0 Å². The van der Waals surface area contributed by atoms with Crippen LogP contribution in [-0.4, -0.2) is 42.9 Å². The molecule has 1 fully saturated rings. The molecule has 23 heavy (non-hydrogen) atoms. The summed E-state index contributed by atoms with van der Waals surface area (Å²) >= 11 is 0. The second kappa shape index (κ2) is 6.15. The van der Waals surface area contributed by atoms with Gasteiger partial charge in [-0.1, -0.05) is 6.07 Å². The molecular weight excluding hydrogens is 324 g/mol. The van der Waals surface area contributed by atoms with Crippen molar-refractivity contribution in [2.75, 3.05) is 18.1 Å². The molecule has 1 aromatic carbocycles. The van der Waals surface area contributed by atoms with Gasteiger partial charge < -0.3 is 10.1 Å². The number of nitro groups is 1. The van der Waals surface area contributed by atoms with Crippen LogP contribution < -0.4 is 10.1 Å². The first-order valence-electron chi connectivity index (χ1n) is 7.00. The number of benzene rings is 1. The highest BCUT2D eigenvalue weighted by Gasteiger charge is 2.39. The molecule has 1 heterocycles. The molecule has 1 N–H and O–H groups in total. The van der Waals surface area contributed by atoms with Crippen LogP contribution >= 0.6 is 0 Å². The number of hydrogen-bond acceptors (Lipinski definition) is 6. The maximum Gasteiger partial charge on any atom is 0.311 e. The minimum atomic E-state index is -3.13. The lowest BCUT2D eigenvalue weighted by atomic mass is 10.0. The minimum absolute atomic E-state index is 0.0000495. The van der Waals surface area contributed by atoms with Crippen LogP contribution in [0.25, 0.3) is 0 Å². The summed E-state index contributed by atoms with van der Waals surface area (Å²) < 4.78 is 28.2. The first-order valence-corrected chi connectivity index (χ1v) is 8.82. The lowest BCUT2D eigenvalue weighted by Crippen LogP contribution is -2.48. The summed E-state index contributed by atoms with van der Waals surface area (Å²) in [5.41, 5.74) is -0.331. The molecule has 0 bridgehead atoms. The molecule has 1 aromatic rings. The molecule has 1 saturated heterocycles. The van der Waals surface area contributed by atoms with Crippen molar-refractivity contribution in [1.29, 1.82) is 0 Å². The van der Waals surface area contributed by atoms with E-state index in [0.717, 1.165) is 0 Å². The molecule has 8 nitrogen and oxygen atoms in total. The maximum atomic E-state index is 11.9. The second-order valence-corrected chi connectivity index (χ2v) is 8.15. The summed E-state index contributed by atoms with van der Waals surface area (Å²) in [4.78, 5) is 22.3. The van der Waals surface area contributed by atoms with Crippen molar-refractivity contribution in [2.24, 2.45) is 0 Å². The smallest absolute Gasteiger partial charge is 0.311 e. The van der Waals surface area contributed by atoms with Crippen LogP contribution in [0.2, 0.25) is 0 Å². The zero-order valence-corrected chi connectivity index (χ0v) is 13.7. The van der Waals surface area contributed by atoms with E-state index < -0.39 is 32.8 Å². The van der Waals surface area contributed by atoms with Gasteiger partial charge in [0.05, 0.1) is 22.0 Å². The third-order valence-electron chi connectivity index (χ3n) is 3.61. The van der Waals surface area contributed by atoms with Crippen molar-refractivity contribution >= 4 is 21.4 Å². The third-order valence-corrected chi connectivity index (χ3v) is 5.52. The van der Waals surface area contributed by atoms with Gasteiger partial charge in [0.25, 0.3) is 5.91 Å². The van der Waals surface area contributed by atoms with E-state index in [1.54, 1.807) is 19.9 Å². The van der Waals surface area contributed by atoms with Crippen molar-refractivity contribution in [3.05, 3.63) is 33.9 Å².